The molecule has 0 fully saturated rings. The number of para-hydroxylation sites is 1. The van der Waals surface area contributed by atoms with E-state index in [1.807, 2.05) is 32.2 Å². The van der Waals surface area contributed by atoms with E-state index < -0.39 is 0 Å². The van der Waals surface area contributed by atoms with Crippen molar-refractivity contribution in [2.24, 2.45) is 0 Å². The first-order chi connectivity index (χ1) is 7.15. The lowest BCUT2D eigenvalue weighted by molar-refractivity contribution is 0.345. The summed E-state index contributed by atoms with van der Waals surface area (Å²) in [6.07, 6.45) is 0. The first-order valence-electron chi connectivity index (χ1n) is 5.18. The fraction of sp³-hybridized carbons (Fsp3) is 0.385. The Balaban J connectivity index is 2.81. The molecule has 1 rings (SSSR count). The summed E-state index contributed by atoms with van der Waals surface area (Å²) in [5, 5.41) is 3.21. The highest BCUT2D eigenvalue weighted by Crippen LogP contribution is 2.24. The van der Waals surface area contributed by atoms with Crippen molar-refractivity contribution in [3.05, 3.63) is 42.0 Å². The van der Waals surface area contributed by atoms with Gasteiger partial charge in [0.1, 0.15) is 12.4 Å². The van der Waals surface area contributed by atoms with E-state index in [0.717, 1.165) is 11.3 Å². The van der Waals surface area contributed by atoms with Gasteiger partial charge in [0.25, 0.3) is 0 Å². The Labute approximate surface area is 92.0 Å². The highest BCUT2D eigenvalue weighted by atomic mass is 16.5. The number of nitrogens with one attached hydrogen (secondary N) is 1. The van der Waals surface area contributed by atoms with Gasteiger partial charge in [0.05, 0.1) is 0 Å². The summed E-state index contributed by atoms with van der Waals surface area (Å²) >= 11 is 0. The maximum absolute atomic E-state index is 5.68. The molecule has 1 aromatic carbocycles. The molecule has 2 nitrogen and oxygen atoms in total. The van der Waals surface area contributed by atoms with Gasteiger partial charge < -0.3 is 10.1 Å². The molecule has 0 aliphatic carbocycles. The minimum Gasteiger partial charge on any atom is -0.489 e. The number of rotatable bonds is 5. The Kier molecular flexibility index (Phi) is 4.37. The van der Waals surface area contributed by atoms with Gasteiger partial charge in [0.15, 0.2) is 0 Å². The molecule has 0 saturated carbocycles. The van der Waals surface area contributed by atoms with Gasteiger partial charge in [0.2, 0.25) is 0 Å². The smallest absolute Gasteiger partial charge is 0.124 e. The van der Waals surface area contributed by atoms with Gasteiger partial charge in [-0.1, -0.05) is 24.8 Å². The van der Waals surface area contributed by atoms with Crippen molar-refractivity contribution in [1.29, 1.82) is 0 Å². The fourth-order valence-corrected chi connectivity index (χ4v) is 1.33. The molecular formula is C13H19NO. The highest BCUT2D eigenvalue weighted by molar-refractivity contribution is 5.35. The summed E-state index contributed by atoms with van der Waals surface area (Å²) in [5.41, 5.74) is 2.21. The molecule has 1 unspecified atom stereocenters. The van der Waals surface area contributed by atoms with Gasteiger partial charge in [-0.15, -0.1) is 0 Å². The average molecular weight is 205 g/mol. The number of benzene rings is 1. The predicted molar refractivity (Wildman–Crippen MR) is 64.2 cm³/mol. The second-order valence-corrected chi connectivity index (χ2v) is 3.79. The molecule has 0 aromatic heterocycles. The summed E-state index contributed by atoms with van der Waals surface area (Å²) in [7, 11) is 1.94. The fourth-order valence-electron chi connectivity index (χ4n) is 1.33. The zero-order valence-corrected chi connectivity index (χ0v) is 9.71. The average Bonchev–Trinajstić information content (AvgIpc) is 2.25. The van der Waals surface area contributed by atoms with Crippen molar-refractivity contribution in [2.45, 2.75) is 19.9 Å². The normalized spacial score (nSPS) is 12.2. The predicted octanol–water partition coefficient (Wildman–Crippen LogP) is 2.92. The van der Waals surface area contributed by atoms with Crippen LogP contribution in [0.5, 0.6) is 5.75 Å². The maximum atomic E-state index is 5.68. The Morgan fingerprint density at radius 1 is 1.47 bits per heavy atom. The first kappa shape index (κ1) is 11.8. The second kappa shape index (κ2) is 5.56. The monoisotopic (exact) mass is 205 g/mol. The van der Waals surface area contributed by atoms with Crippen LogP contribution in [0, 0.1) is 0 Å². The van der Waals surface area contributed by atoms with E-state index in [9.17, 15) is 0 Å². The molecule has 2 heteroatoms. The maximum Gasteiger partial charge on any atom is 0.124 e. The van der Waals surface area contributed by atoms with Gasteiger partial charge in [-0.2, -0.15) is 0 Å². The van der Waals surface area contributed by atoms with E-state index in [-0.39, 0.29) is 0 Å². The van der Waals surface area contributed by atoms with Gasteiger partial charge >= 0.3 is 0 Å². The van der Waals surface area contributed by atoms with Crippen LogP contribution in [-0.4, -0.2) is 13.7 Å². The molecule has 0 bridgehead atoms. The van der Waals surface area contributed by atoms with Crippen LogP contribution in [-0.2, 0) is 0 Å². The third-order valence-corrected chi connectivity index (χ3v) is 2.29. The standard InChI is InChI=1S/C13H19NO/c1-10(2)9-15-13-8-6-5-7-12(13)11(3)14-4/h5-8,11,14H,1,9H2,2-4H3. The lowest BCUT2D eigenvalue weighted by atomic mass is 10.1. The molecule has 1 N–H and O–H groups in total. The zero-order chi connectivity index (χ0) is 11.3. The molecule has 0 radical (unpaired) electrons. The summed E-state index contributed by atoms with van der Waals surface area (Å²) < 4.78 is 5.68. The van der Waals surface area contributed by atoms with Crippen LogP contribution >= 0.6 is 0 Å². The topological polar surface area (TPSA) is 21.3 Å². The summed E-state index contributed by atoms with van der Waals surface area (Å²) in [5.74, 6) is 0.933. The van der Waals surface area contributed by atoms with Crippen LogP contribution in [0.3, 0.4) is 0 Å². The van der Waals surface area contributed by atoms with Crippen LogP contribution in [0.4, 0.5) is 0 Å². The second-order valence-electron chi connectivity index (χ2n) is 3.79. The van der Waals surface area contributed by atoms with Crippen molar-refractivity contribution in [2.75, 3.05) is 13.7 Å². The van der Waals surface area contributed by atoms with Crippen molar-refractivity contribution in [3.63, 3.8) is 0 Å². The summed E-state index contributed by atoms with van der Waals surface area (Å²) in [4.78, 5) is 0. The van der Waals surface area contributed by atoms with Crippen LogP contribution in [0.15, 0.2) is 36.4 Å². The SMILES string of the molecule is C=C(C)COc1ccccc1C(C)NC. The Morgan fingerprint density at radius 2 is 2.13 bits per heavy atom. The number of hydrogen-bond acceptors (Lipinski definition) is 2. The van der Waals surface area contributed by atoms with Crippen LogP contribution in [0.1, 0.15) is 25.5 Å². The molecule has 0 aliphatic rings. The van der Waals surface area contributed by atoms with E-state index in [1.54, 1.807) is 0 Å². The van der Waals surface area contributed by atoms with Crippen molar-refractivity contribution in [1.82, 2.24) is 5.32 Å². The third-order valence-electron chi connectivity index (χ3n) is 2.29. The van der Waals surface area contributed by atoms with Gasteiger partial charge in [-0.25, -0.2) is 0 Å². The van der Waals surface area contributed by atoms with Crippen LogP contribution in [0.25, 0.3) is 0 Å². The molecule has 0 amide bonds. The van der Waals surface area contributed by atoms with E-state index in [1.165, 1.54) is 5.56 Å². The van der Waals surface area contributed by atoms with Crippen LogP contribution < -0.4 is 10.1 Å². The number of ether oxygens (including phenoxy) is 1. The summed E-state index contributed by atoms with van der Waals surface area (Å²) in [6, 6.07) is 8.38. The quantitative estimate of drug-likeness (QED) is 0.746. The lowest BCUT2D eigenvalue weighted by Gasteiger charge is -2.16. The molecule has 15 heavy (non-hydrogen) atoms. The number of hydrogen-bond donors (Lipinski definition) is 1. The molecule has 1 aromatic rings. The molecule has 0 aliphatic heterocycles. The lowest BCUT2D eigenvalue weighted by Crippen LogP contribution is -2.14. The van der Waals surface area contributed by atoms with Crippen molar-refractivity contribution in [3.8, 4) is 5.75 Å². The molecule has 0 saturated heterocycles. The molecular weight excluding hydrogens is 186 g/mol. The Bertz CT molecular complexity index is 333. The minimum absolute atomic E-state index is 0.298. The Morgan fingerprint density at radius 3 is 2.73 bits per heavy atom. The van der Waals surface area contributed by atoms with E-state index in [0.29, 0.717) is 12.6 Å². The van der Waals surface area contributed by atoms with Crippen LogP contribution in [0.2, 0.25) is 0 Å². The molecule has 0 heterocycles. The van der Waals surface area contributed by atoms with Crippen molar-refractivity contribution < 1.29 is 4.74 Å². The Hall–Kier alpha value is -1.28. The van der Waals surface area contributed by atoms with Crippen molar-refractivity contribution >= 4 is 0 Å². The zero-order valence-electron chi connectivity index (χ0n) is 9.71. The van der Waals surface area contributed by atoms with Gasteiger partial charge in [-0.3, -0.25) is 0 Å². The van der Waals surface area contributed by atoms with E-state index in [2.05, 4.69) is 24.9 Å². The summed E-state index contributed by atoms with van der Waals surface area (Å²) in [6.45, 7) is 8.48. The van der Waals surface area contributed by atoms with Gasteiger partial charge in [-0.05, 0) is 32.5 Å². The molecule has 1 atom stereocenters. The van der Waals surface area contributed by atoms with E-state index >= 15 is 0 Å². The largest absolute Gasteiger partial charge is 0.489 e. The highest BCUT2D eigenvalue weighted by Gasteiger charge is 2.08. The molecule has 0 spiro atoms. The minimum atomic E-state index is 0.298. The third kappa shape index (κ3) is 3.40. The van der Waals surface area contributed by atoms with E-state index in [4.69, 9.17) is 4.74 Å². The molecule has 82 valence electrons. The first-order valence-corrected chi connectivity index (χ1v) is 5.18. The van der Waals surface area contributed by atoms with Gasteiger partial charge in [0, 0.05) is 11.6 Å².